The lowest BCUT2D eigenvalue weighted by atomic mass is 9.88. The van der Waals surface area contributed by atoms with Crippen LogP contribution < -0.4 is 4.90 Å². The molecule has 2 amide bonds. The number of methoxy groups -OCH3 is 2. The number of anilines is 1. The van der Waals surface area contributed by atoms with E-state index < -0.39 is 77.7 Å². The van der Waals surface area contributed by atoms with Gasteiger partial charge in [-0.05, 0) is 67.8 Å². The maximum atomic E-state index is 13.8. The minimum Gasteiger partial charge on any atom is -0.453 e. The van der Waals surface area contributed by atoms with E-state index in [0.29, 0.717) is 29.2 Å². The molecule has 2 aromatic rings. The number of ether oxygens (including phenoxy) is 3. The van der Waals surface area contributed by atoms with E-state index in [1.54, 1.807) is 0 Å². The average Bonchev–Trinajstić information content (AvgIpc) is 2.88. The van der Waals surface area contributed by atoms with Crippen molar-refractivity contribution in [1.29, 1.82) is 0 Å². The van der Waals surface area contributed by atoms with Gasteiger partial charge in [-0.25, -0.2) is 9.59 Å². The fourth-order valence-electron chi connectivity index (χ4n) is 4.77. The molecule has 0 aromatic heterocycles. The molecule has 1 aliphatic rings. The van der Waals surface area contributed by atoms with E-state index >= 15 is 0 Å². The summed E-state index contributed by atoms with van der Waals surface area (Å²) in [4.78, 5) is 27.8. The van der Waals surface area contributed by atoms with Crippen molar-refractivity contribution >= 4 is 17.9 Å². The highest BCUT2D eigenvalue weighted by molar-refractivity contribution is 5.91. The molecule has 238 valence electrons. The van der Waals surface area contributed by atoms with E-state index in [2.05, 4.69) is 0 Å². The van der Waals surface area contributed by atoms with Gasteiger partial charge >= 0.3 is 30.7 Å². The number of benzene rings is 2. The van der Waals surface area contributed by atoms with E-state index in [-0.39, 0.29) is 30.3 Å². The van der Waals surface area contributed by atoms with Gasteiger partial charge in [0.15, 0.2) is 0 Å². The zero-order chi connectivity index (χ0) is 32.5. The number of amides is 2. The first-order chi connectivity index (χ1) is 19.8. The van der Waals surface area contributed by atoms with E-state index in [9.17, 15) is 49.1 Å². The third-order valence-corrected chi connectivity index (χ3v) is 6.51. The Morgan fingerprint density at radius 2 is 1.44 bits per heavy atom. The summed E-state index contributed by atoms with van der Waals surface area (Å²) >= 11 is 0. The predicted octanol–water partition coefficient (Wildman–Crippen LogP) is 7.82. The van der Waals surface area contributed by atoms with E-state index in [4.69, 9.17) is 14.2 Å². The highest BCUT2D eigenvalue weighted by atomic mass is 19.4. The first kappa shape index (κ1) is 33.8. The fraction of sp³-hybridized carbons (Fsp3) is 0.481. The van der Waals surface area contributed by atoms with Gasteiger partial charge in [-0.3, -0.25) is 9.80 Å². The van der Waals surface area contributed by atoms with Gasteiger partial charge in [0.25, 0.3) is 0 Å². The Bertz CT molecular complexity index is 1290. The molecule has 0 spiro atoms. The molecule has 0 fully saturated rings. The molecule has 16 heteroatoms. The number of nitrogens with zero attached hydrogens (tertiary/aromatic N) is 2. The van der Waals surface area contributed by atoms with Crippen LogP contribution in [0.2, 0.25) is 0 Å². The summed E-state index contributed by atoms with van der Waals surface area (Å²) in [6.45, 7) is 1.93. The minimum absolute atomic E-state index is 0.0929. The quantitative estimate of drug-likeness (QED) is 0.305. The van der Waals surface area contributed by atoms with Crippen LogP contribution in [0.4, 0.5) is 54.8 Å². The van der Waals surface area contributed by atoms with E-state index in [0.717, 1.165) is 18.1 Å². The molecule has 0 saturated heterocycles. The first-order valence-corrected chi connectivity index (χ1v) is 12.6. The summed E-state index contributed by atoms with van der Waals surface area (Å²) < 4.78 is 138. The second-order valence-corrected chi connectivity index (χ2v) is 9.95. The molecule has 3 rings (SSSR count). The van der Waals surface area contributed by atoms with E-state index in [1.165, 1.54) is 21.0 Å². The Hall–Kier alpha value is -3.69. The molecule has 7 nitrogen and oxygen atoms in total. The Morgan fingerprint density at radius 1 is 0.884 bits per heavy atom. The van der Waals surface area contributed by atoms with Gasteiger partial charge in [0.1, 0.15) is 0 Å². The predicted molar refractivity (Wildman–Crippen MR) is 133 cm³/mol. The van der Waals surface area contributed by atoms with Crippen LogP contribution >= 0.6 is 0 Å². The highest BCUT2D eigenvalue weighted by Gasteiger charge is 2.44. The van der Waals surface area contributed by atoms with Crippen LogP contribution in [0.15, 0.2) is 36.4 Å². The summed E-state index contributed by atoms with van der Waals surface area (Å²) in [5.74, 6) is 0. The normalized spacial score (nSPS) is 17.5. The minimum atomic E-state index is -5.19. The third-order valence-electron chi connectivity index (χ3n) is 6.51. The highest BCUT2D eigenvalue weighted by Crippen LogP contribution is 2.45. The second-order valence-electron chi connectivity index (χ2n) is 9.95. The van der Waals surface area contributed by atoms with Crippen LogP contribution in [0.5, 0.6) is 0 Å². The number of hydrogen-bond donors (Lipinski definition) is 0. The van der Waals surface area contributed by atoms with Crippen LogP contribution in [-0.2, 0) is 39.3 Å². The molecule has 0 bridgehead atoms. The van der Waals surface area contributed by atoms with Gasteiger partial charge in [-0.1, -0.05) is 0 Å². The summed E-state index contributed by atoms with van der Waals surface area (Å²) in [7, 11) is 2.15. The second kappa shape index (κ2) is 12.5. The summed E-state index contributed by atoms with van der Waals surface area (Å²) in [6.07, 6.45) is -18.4. The van der Waals surface area contributed by atoms with Crippen molar-refractivity contribution in [1.82, 2.24) is 4.90 Å². The summed E-state index contributed by atoms with van der Waals surface area (Å²) in [5.41, 5.74) is -5.49. The lowest BCUT2D eigenvalue weighted by Gasteiger charge is -2.43. The molecule has 0 N–H and O–H groups in total. The Morgan fingerprint density at radius 3 is 1.91 bits per heavy atom. The lowest BCUT2D eigenvalue weighted by Crippen LogP contribution is -2.51. The van der Waals surface area contributed by atoms with Crippen molar-refractivity contribution in [2.45, 2.75) is 63.5 Å². The summed E-state index contributed by atoms with van der Waals surface area (Å²) in [5, 5.41) is 0. The van der Waals surface area contributed by atoms with Gasteiger partial charge in [0, 0.05) is 13.7 Å². The number of carbonyl (C=O) groups is 2. The summed E-state index contributed by atoms with van der Waals surface area (Å²) in [6, 6.07) is 0.621. The fourth-order valence-corrected chi connectivity index (χ4v) is 4.77. The standard InChI is InChI=1S/C27H27F9N2O5/c1-14(2)43-24(40)38-19(13-41-3)11-22(20-10-16(25(28,29)30)5-6-21(20)38)37(23(39)42-4)12-15-7-17(26(31,32)33)9-18(8-15)27(34,35)36/h5-10,14,19,22H,11-13H2,1-4H3/t19-,22-/m1/s1. The zero-order valence-corrected chi connectivity index (χ0v) is 23.2. The number of halogens is 9. The number of fused-ring (bicyclic) bond motifs is 1. The zero-order valence-electron chi connectivity index (χ0n) is 23.2. The van der Waals surface area contributed by atoms with Crippen molar-refractivity contribution in [3.8, 4) is 0 Å². The third kappa shape index (κ3) is 7.83. The van der Waals surface area contributed by atoms with Crippen LogP contribution in [-0.4, -0.2) is 50.1 Å². The SMILES string of the molecule is COC[C@H]1C[C@@H](N(Cc2cc(C(F)(F)F)cc(C(F)(F)F)c2)C(=O)OC)c2cc(C(F)(F)F)ccc2N1C(=O)OC(C)C. The van der Waals surface area contributed by atoms with Gasteiger partial charge < -0.3 is 14.2 Å². The molecule has 0 unspecified atom stereocenters. The molecule has 2 aromatic carbocycles. The molecule has 2 atom stereocenters. The maximum Gasteiger partial charge on any atom is 0.416 e. The van der Waals surface area contributed by atoms with Crippen molar-refractivity contribution in [3.05, 3.63) is 64.2 Å². The maximum absolute atomic E-state index is 13.8. The monoisotopic (exact) mass is 630 g/mol. The van der Waals surface area contributed by atoms with Crippen LogP contribution in [0.1, 0.15) is 54.1 Å². The van der Waals surface area contributed by atoms with Crippen molar-refractivity contribution < 1.29 is 63.3 Å². The molecule has 43 heavy (non-hydrogen) atoms. The largest absolute Gasteiger partial charge is 0.453 e. The number of carbonyl (C=O) groups excluding carboxylic acids is 2. The van der Waals surface area contributed by atoms with Gasteiger partial charge in [0.2, 0.25) is 0 Å². The molecular formula is C27H27F9N2O5. The first-order valence-electron chi connectivity index (χ1n) is 12.6. The number of alkyl halides is 9. The molecular weight excluding hydrogens is 603 g/mol. The van der Waals surface area contributed by atoms with Crippen molar-refractivity contribution in [2.24, 2.45) is 0 Å². The number of hydrogen-bond acceptors (Lipinski definition) is 5. The Balaban J connectivity index is 2.25. The van der Waals surface area contributed by atoms with Crippen molar-refractivity contribution in [3.63, 3.8) is 0 Å². The Labute approximate surface area is 240 Å². The molecule has 0 radical (unpaired) electrons. The topological polar surface area (TPSA) is 68.3 Å². The lowest BCUT2D eigenvalue weighted by molar-refractivity contribution is -0.143. The number of rotatable bonds is 6. The molecule has 0 aliphatic carbocycles. The van der Waals surface area contributed by atoms with Gasteiger partial charge in [-0.2, -0.15) is 39.5 Å². The van der Waals surface area contributed by atoms with Gasteiger partial charge in [-0.15, -0.1) is 0 Å². The van der Waals surface area contributed by atoms with Crippen LogP contribution in [0.25, 0.3) is 0 Å². The molecule has 1 heterocycles. The molecule has 0 saturated carbocycles. The Kier molecular flexibility index (Phi) is 9.83. The van der Waals surface area contributed by atoms with Crippen LogP contribution in [0.3, 0.4) is 0 Å². The van der Waals surface area contributed by atoms with E-state index in [1.807, 2.05) is 0 Å². The van der Waals surface area contributed by atoms with Crippen molar-refractivity contribution in [2.75, 3.05) is 25.7 Å². The average molecular weight is 631 g/mol. The molecule has 1 aliphatic heterocycles. The van der Waals surface area contributed by atoms with Gasteiger partial charge in [0.05, 0.1) is 54.3 Å². The van der Waals surface area contributed by atoms with Crippen LogP contribution in [0, 0.1) is 0 Å². The smallest absolute Gasteiger partial charge is 0.416 e.